The minimum absolute atomic E-state index is 0.723. The van der Waals surface area contributed by atoms with Crippen LogP contribution in [0.5, 0.6) is 0 Å². The van der Waals surface area contributed by atoms with E-state index in [2.05, 4.69) is 21.7 Å². The average Bonchev–Trinajstić information content (AvgIpc) is 2.98. The second kappa shape index (κ2) is 6.99. The maximum absolute atomic E-state index is 6.01. The molecule has 0 unspecified atom stereocenters. The number of hydrogen-bond donors (Lipinski definition) is 0. The van der Waals surface area contributed by atoms with Crippen LogP contribution in [0, 0.1) is 0 Å². The van der Waals surface area contributed by atoms with E-state index >= 15 is 0 Å². The molecule has 5 heteroatoms. The Labute approximate surface area is 139 Å². The molecule has 3 nitrogen and oxygen atoms in total. The Morgan fingerprint density at radius 2 is 1.73 bits per heavy atom. The predicted molar refractivity (Wildman–Crippen MR) is 92.8 cm³/mol. The summed E-state index contributed by atoms with van der Waals surface area (Å²) in [6.07, 6.45) is 1.10. The number of aromatic nitrogens is 3. The van der Waals surface area contributed by atoms with Crippen molar-refractivity contribution in [1.82, 2.24) is 14.8 Å². The highest BCUT2D eigenvalue weighted by atomic mass is 35.5. The third-order valence-corrected chi connectivity index (χ3v) is 4.57. The van der Waals surface area contributed by atoms with Crippen LogP contribution in [0.1, 0.15) is 13.3 Å². The van der Waals surface area contributed by atoms with E-state index in [9.17, 15) is 0 Å². The van der Waals surface area contributed by atoms with Crippen LogP contribution >= 0.6 is 23.4 Å². The molecule has 0 atom stereocenters. The molecule has 0 N–H and O–H groups in total. The SMILES string of the molecule is CCCSc1nnc(-c2ccccc2)n1-c1ccc(Cl)cc1. The van der Waals surface area contributed by atoms with Gasteiger partial charge in [-0.3, -0.25) is 4.57 Å². The zero-order chi connectivity index (χ0) is 15.4. The number of halogens is 1. The molecular formula is C17H16ClN3S. The summed E-state index contributed by atoms with van der Waals surface area (Å²) in [4.78, 5) is 0. The zero-order valence-electron chi connectivity index (χ0n) is 12.2. The van der Waals surface area contributed by atoms with Gasteiger partial charge in [-0.15, -0.1) is 10.2 Å². The maximum atomic E-state index is 6.01. The van der Waals surface area contributed by atoms with Crippen LogP contribution in [0.2, 0.25) is 5.02 Å². The standard InChI is InChI=1S/C17H16ClN3S/c1-2-12-22-17-20-19-16(13-6-4-3-5-7-13)21(17)15-10-8-14(18)9-11-15/h3-11H,2,12H2,1H3. The summed E-state index contributed by atoms with van der Waals surface area (Å²) in [6.45, 7) is 2.16. The van der Waals surface area contributed by atoms with Crippen molar-refractivity contribution in [3.8, 4) is 17.1 Å². The highest BCUT2D eigenvalue weighted by Crippen LogP contribution is 2.28. The van der Waals surface area contributed by atoms with Crippen molar-refractivity contribution in [2.24, 2.45) is 0 Å². The first-order valence-electron chi connectivity index (χ1n) is 7.19. The molecule has 1 aromatic heterocycles. The van der Waals surface area contributed by atoms with Crippen molar-refractivity contribution < 1.29 is 0 Å². The van der Waals surface area contributed by atoms with Gasteiger partial charge in [-0.25, -0.2) is 0 Å². The third kappa shape index (κ3) is 3.18. The molecule has 0 spiro atoms. The first-order valence-corrected chi connectivity index (χ1v) is 8.55. The Balaban J connectivity index is 2.11. The van der Waals surface area contributed by atoms with Gasteiger partial charge in [-0.1, -0.05) is 60.6 Å². The van der Waals surface area contributed by atoms with Gasteiger partial charge in [0.1, 0.15) is 0 Å². The highest BCUT2D eigenvalue weighted by molar-refractivity contribution is 7.99. The van der Waals surface area contributed by atoms with Crippen LogP contribution in [0.4, 0.5) is 0 Å². The summed E-state index contributed by atoms with van der Waals surface area (Å²) in [5.74, 6) is 1.86. The van der Waals surface area contributed by atoms with Crippen molar-refractivity contribution in [2.75, 3.05) is 5.75 Å². The molecule has 3 aromatic rings. The second-order valence-corrected chi connectivity index (χ2v) is 6.33. The topological polar surface area (TPSA) is 30.7 Å². The summed E-state index contributed by atoms with van der Waals surface area (Å²) >= 11 is 7.73. The van der Waals surface area contributed by atoms with E-state index in [1.807, 2.05) is 54.6 Å². The Morgan fingerprint density at radius 3 is 2.41 bits per heavy atom. The number of rotatable bonds is 5. The third-order valence-electron chi connectivity index (χ3n) is 3.19. The van der Waals surface area contributed by atoms with E-state index in [1.54, 1.807) is 11.8 Å². The smallest absolute Gasteiger partial charge is 0.196 e. The number of thioether (sulfide) groups is 1. The summed E-state index contributed by atoms with van der Waals surface area (Å²) in [6, 6.07) is 17.9. The van der Waals surface area contributed by atoms with Gasteiger partial charge in [0.2, 0.25) is 0 Å². The lowest BCUT2D eigenvalue weighted by atomic mass is 10.2. The highest BCUT2D eigenvalue weighted by Gasteiger charge is 2.15. The molecule has 3 rings (SSSR count). The molecule has 0 aliphatic carbocycles. The number of hydrogen-bond acceptors (Lipinski definition) is 3. The largest absolute Gasteiger partial charge is 0.270 e. The van der Waals surface area contributed by atoms with Gasteiger partial charge >= 0.3 is 0 Å². The van der Waals surface area contributed by atoms with E-state index in [0.717, 1.165) is 39.4 Å². The van der Waals surface area contributed by atoms with Crippen LogP contribution in [-0.2, 0) is 0 Å². The van der Waals surface area contributed by atoms with E-state index in [-0.39, 0.29) is 0 Å². The normalized spacial score (nSPS) is 10.8. The summed E-state index contributed by atoms with van der Waals surface area (Å²) < 4.78 is 2.09. The quantitative estimate of drug-likeness (QED) is 0.611. The lowest BCUT2D eigenvalue weighted by Gasteiger charge is -2.10. The van der Waals surface area contributed by atoms with E-state index in [4.69, 9.17) is 11.6 Å². The number of nitrogens with zero attached hydrogens (tertiary/aromatic N) is 3. The minimum atomic E-state index is 0.723. The van der Waals surface area contributed by atoms with Crippen LogP contribution < -0.4 is 0 Å². The van der Waals surface area contributed by atoms with E-state index in [0.29, 0.717) is 0 Å². The van der Waals surface area contributed by atoms with Crippen LogP contribution in [0.25, 0.3) is 17.1 Å². The van der Waals surface area contributed by atoms with Gasteiger partial charge in [0.25, 0.3) is 0 Å². The Morgan fingerprint density at radius 1 is 1.00 bits per heavy atom. The molecule has 2 aromatic carbocycles. The lowest BCUT2D eigenvalue weighted by Crippen LogP contribution is -1.99. The molecule has 0 amide bonds. The molecular weight excluding hydrogens is 314 g/mol. The average molecular weight is 330 g/mol. The molecule has 0 aliphatic heterocycles. The van der Waals surface area contributed by atoms with Crippen LogP contribution in [0.3, 0.4) is 0 Å². The fourth-order valence-corrected chi connectivity index (χ4v) is 3.09. The van der Waals surface area contributed by atoms with Crippen molar-refractivity contribution in [1.29, 1.82) is 0 Å². The zero-order valence-corrected chi connectivity index (χ0v) is 13.8. The van der Waals surface area contributed by atoms with Crippen molar-refractivity contribution in [2.45, 2.75) is 18.5 Å². The molecule has 112 valence electrons. The van der Waals surface area contributed by atoms with Crippen molar-refractivity contribution in [3.63, 3.8) is 0 Å². The van der Waals surface area contributed by atoms with Crippen molar-refractivity contribution in [3.05, 3.63) is 59.6 Å². The van der Waals surface area contributed by atoms with Crippen LogP contribution in [-0.4, -0.2) is 20.5 Å². The fraction of sp³-hybridized carbons (Fsp3) is 0.176. The lowest BCUT2D eigenvalue weighted by molar-refractivity contribution is 0.884. The van der Waals surface area contributed by atoms with Gasteiger partial charge in [0.05, 0.1) is 0 Å². The molecule has 0 aliphatic rings. The fourth-order valence-electron chi connectivity index (χ4n) is 2.15. The maximum Gasteiger partial charge on any atom is 0.196 e. The van der Waals surface area contributed by atoms with Gasteiger partial charge in [-0.05, 0) is 30.7 Å². The molecule has 0 saturated heterocycles. The summed E-state index contributed by atoms with van der Waals surface area (Å²) in [5, 5.41) is 10.4. The second-order valence-electron chi connectivity index (χ2n) is 4.83. The first-order chi connectivity index (χ1) is 10.8. The van der Waals surface area contributed by atoms with Gasteiger partial charge < -0.3 is 0 Å². The Kier molecular flexibility index (Phi) is 4.80. The molecule has 1 heterocycles. The minimum Gasteiger partial charge on any atom is -0.270 e. The molecule has 0 saturated carbocycles. The Bertz CT molecular complexity index is 738. The Hall–Kier alpha value is -1.78. The first kappa shape index (κ1) is 15.1. The van der Waals surface area contributed by atoms with Crippen molar-refractivity contribution >= 4 is 23.4 Å². The molecule has 0 radical (unpaired) electrons. The summed E-state index contributed by atoms with van der Waals surface area (Å²) in [5.41, 5.74) is 2.07. The van der Waals surface area contributed by atoms with E-state index in [1.165, 1.54) is 0 Å². The van der Waals surface area contributed by atoms with Crippen LogP contribution in [0.15, 0.2) is 59.8 Å². The van der Waals surface area contributed by atoms with Gasteiger partial charge in [-0.2, -0.15) is 0 Å². The van der Waals surface area contributed by atoms with Gasteiger partial charge in [0, 0.05) is 22.0 Å². The predicted octanol–water partition coefficient (Wildman–Crippen LogP) is 5.09. The molecule has 22 heavy (non-hydrogen) atoms. The summed E-state index contributed by atoms with van der Waals surface area (Å²) in [7, 11) is 0. The van der Waals surface area contributed by atoms with E-state index < -0.39 is 0 Å². The molecule has 0 fully saturated rings. The monoisotopic (exact) mass is 329 g/mol. The number of benzene rings is 2. The molecule has 0 bridgehead atoms. The van der Waals surface area contributed by atoms with Gasteiger partial charge in [0.15, 0.2) is 11.0 Å².